The number of rotatable bonds is 1. The largest absolute Gasteiger partial charge is 0.352 e. The maximum Gasteiger partial charge on any atom is 0.164 e. The lowest BCUT2D eigenvalue weighted by molar-refractivity contribution is -0.224. The Morgan fingerprint density at radius 1 is 1.00 bits per heavy atom. The van der Waals surface area contributed by atoms with Crippen molar-refractivity contribution in [1.29, 1.82) is 0 Å². The highest BCUT2D eigenvalue weighted by molar-refractivity contribution is 4.92. The van der Waals surface area contributed by atoms with Crippen molar-refractivity contribution in [3.05, 3.63) is 0 Å². The van der Waals surface area contributed by atoms with E-state index < -0.39 is 0 Å². The Hall–Kier alpha value is -0.120. The minimum atomic E-state index is 0.0152. The normalized spacial score (nSPS) is 49.4. The predicted molar refractivity (Wildman–Crippen MR) is 55.1 cm³/mol. The van der Waals surface area contributed by atoms with Gasteiger partial charge in [-0.1, -0.05) is 13.8 Å². The smallest absolute Gasteiger partial charge is 0.164 e. The molecule has 0 spiro atoms. The lowest BCUT2D eigenvalue weighted by atomic mass is 9.73. The van der Waals surface area contributed by atoms with Gasteiger partial charge in [0, 0.05) is 11.8 Å². The fourth-order valence-electron chi connectivity index (χ4n) is 3.48. The second-order valence-electron chi connectivity index (χ2n) is 5.34. The minimum absolute atomic E-state index is 0.0152. The lowest BCUT2D eigenvalue weighted by Crippen LogP contribution is -2.38. The molecule has 3 nitrogen and oxygen atoms in total. The zero-order valence-corrected chi connectivity index (χ0v) is 9.52. The maximum absolute atomic E-state index is 5.83. The fraction of sp³-hybridized carbons (Fsp3) is 1.00. The first-order valence-corrected chi connectivity index (χ1v) is 6.16. The molecule has 3 saturated heterocycles. The summed E-state index contributed by atoms with van der Waals surface area (Å²) in [5.74, 6) is 2.64. The van der Waals surface area contributed by atoms with E-state index in [-0.39, 0.29) is 12.6 Å². The lowest BCUT2D eigenvalue weighted by Gasteiger charge is -2.37. The highest BCUT2D eigenvalue weighted by Crippen LogP contribution is 2.48. The molecule has 3 heteroatoms. The van der Waals surface area contributed by atoms with Crippen LogP contribution in [0.3, 0.4) is 0 Å². The Kier molecular flexibility index (Phi) is 2.49. The molecular formula is C12H20O3. The van der Waals surface area contributed by atoms with Gasteiger partial charge in [-0.15, -0.1) is 0 Å². The summed E-state index contributed by atoms with van der Waals surface area (Å²) in [4.78, 5) is 0. The van der Waals surface area contributed by atoms with E-state index in [2.05, 4.69) is 13.8 Å². The quantitative estimate of drug-likeness (QED) is 0.665. The van der Waals surface area contributed by atoms with E-state index in [4.69, 9.17) is 14.2 Å². The van der Waals surface area contributed by atoms with Crippen molar-refractivity contribution in [2.24, 2.45) is 23.7 Å². The van der Waals surface area contributed by atoms with E-state index in [1.54, 1.807) is 0 Å². The highest BCUT2D eigenvalue weighted by atomic mass is 16.8. The van der Waals surface area contributed by atoms with Gasteiger partial charge in [0.1, 0.15) is 0 Å². The van der Waals surface area contributed by atoms with Crippen LogP contribution < -0.4 is 0 Å². The van der Waals surface area contributed by atoms with Crippen molar-refractivity contribution >= 4 is 0 Å². The Balaban J connectivity index is 1.82. The molecule has 0 saturated carbocycles. The molecule has 3 aliphatic rings. The van der Waals surface area contributed by atoms with Crippen LogP contribution in [0, 0.1) is 23.7 Å². The third-order valence-electron chi connectivity index (χ3n) is 4.24. The molecule has 0 bridgehead atoms. The van der Waals surface area contributed by atoms with Crippen LogP contribution in [0.25, 0.3) is 0 Å². The van der Waals surface area contributed by atoms with Crippen molar-refractivity contribution in [2.45, 2.75) is 39.3 Å². The van der Waals surface area contributed by atoms with E-state index in [0.717, 1.165) is 31.5 Å². The highest BCUT2D eigenvalue weighted by Gasteiger charge is 2.53. The summed E-state index contributed by atoms with van der Waals surface area (Å²) in [5.41, 5.74) is 0. The van der Waals surface area contributed by atoms with Crippen LogP contribution in [0.5, 0.6) is 0 Å². The zero-order valence-electron chi connectivity index (χ0n) is 9.52. The molecule has 0 amide bonds. The van der Waals surface area contributed by atoms with Crippen LogP contribution in [0.15, 0.2) is 0 Å². The Labute approximate surface area is 91.1 Å². The third kappa shape index (κ3) is 1.52. The monoisotopic (exact) mass is 212 g/mol. The summed E-state index contributed by atoms with van der Waals surface area (Å²) in [7, 11) is 0. The van der Waals surface area contributed by atoms with Gasteiger partial charge in [0.2, 0.25) is 0 Å². The molecule has 3 rings (SSSR count). The van der Waals surface area contributed by atoms with Crippen molar-refractivity contribution < 1.29 is 14.2 Å². The molecule has 5 unspecified atom stereocenters. The standard InChI is InChI=1S/C12H20O3/c1-7(2)8-3-5-14-12-10(8)9-4-6-13-11(9)15-12/h7-12H,3-6H2,1-2H3. The number of hydrogen-bond acceptors (Lipinski definition) is 3. The summed E-state index contributed by atoms with van der Waals surface area (Å²) in [6.07, 6.45) is 2.38. The van der Waals surface area contributed by atoms with Crippen molar-refractivity contribution in [3.8, 4) is 0 Å². The topological polar surface area (TPSA) is 27.7 Å². The van der Waals surface area contributed by atoms with Crippen molar-refractivity contribution in [2.75, 3.05) is 13.2 Å². The van der Waals surface area contributed by atoms with E-state index >= 15 is 0 Å². The summed E-state index contributed by atoms with van der Waals surface area (Å²) < 4.78 is 17.1. The molecule has 0 aromatic carbocycles. The van der Waals surface area contributed by atoms with Crippen LogP contribution in [0.1, 0.15) is 26.7 Å². The molecule has 0 aromatic rings. The average molecular weight is 212 g/mol. The van der Waals surface area contributed by atoms with Gasteiger partial charge in [-0.05, 0) is 24.7 Å². The van der Waals surface area contributed by atoms with Crippen LogP contribution in [0.2, 0.25) is 0 Å². The van der Waals surface area contributed by atoms with Crippen LogP contribution in [-0.2, 0) is 14.2 Å². The van der Waals surface area contributed by atoms with E-state index in [9.17, 15) is 0 Å². The summed E-state index contributed by atoms with van der Waals surface area (Å²) in [5, 5.41) is 0. The van der Waals surface area contributed by atoms with Gasteiger partial charge in [-0.2, -0.15) is 0 Å². The maximum atomic E-state index is 5.83. The Morgan fingerprint density at radius 3 is 2.53 bits per heavy atom. The fourth-order valence-corrected chi connectivity index (χ4v) is 3.48. The molecule has 3 aliphatic heterocycles. The minimum Gasteiger partial charge on any atom is -0.352 e. The Morgan fingerprint density at radius 2 is 1.73 bits per heavy atom. The second kappa shape index (κ2) is 3.72. The first-order chi connectivity index (χ1) is 7.27. The first kappa shape index (κ1) is 10.1. The van der Waals surface area contributed by atoms with E-state index in [1.807, 2.05) is 0 Å². The number of hydrogen-bond donors (Lipinski definition) is 0. The molecule has 3 fully saturated rings. The second-order valence-corrected chi connectivity index (χ2v) is 5.34. The number of ether oxygens (including phenoxy) is 3. The van der Waals surface area contributed by atoms with E-state index in [0.29, 0.717) is 11.8 Å². The third-order valence-corrected chi connectivity index (χ3v) is 4.24. The SMILES string of the molecule is CC(C)C1CCOC2OC3OCCC3C21. The van der Waals surface area contributed by atoms with Crippen molar-refractivity contribution in [1.82, 2.24) is 0 Å². The van der Waals surface area contributed by atoms with Gasteiger partial charge in [0.05, 0.1) is 13.2 Å². The van der Waals surface area contributed by atoms with Gasteiger partial charge >= 0.3 is 0 Å². The average Bonchev–Trinajstić information content (AvgIpc) is 2.75. The summed E-state index contributed by atoms with van der Waals surface area (Å²) in [6, 6.07) is 0. The molecule has 3 heterocycles. The first-order valence-electron chi connectivity index (χ1n) is 6.16. The van der Waals surface area contributed by atoms with Gasteiger partial charge in [-0.25, -0.2) is 0 Å². The predicted octanol–water partition coefficient (Wildman–Crippen LogP) is 2.01. The molecule has 15 heavy (non-hydrogen) atoms. The van der Waals surface area contributed by atoms with Crippen LogP contribution in [0.4, 0.5) is 0 Å². The van der Waals surface area contributed by atoms with Gasteiger partial charge in [0.15, 0.2) is 12.6 Å². The molecule has 5 atom stereocenters. The van der Waals surface area contributed by atoms with Crippen LogP contribution in [-0.4, -0.2) is 25.8 Å². The zero-order chi connectivity index (χ0) is 10.4. The van der Waals surface area contributed by atoms with Gasteiger partial charge < -0.3 is 14.2 Å². The molecule has 0 aromatic heterocycles. The van der Waals surface area contributed by atoms with Gasteiger partial charge in [0.25, 0.3) is 0 Å². The summed E-state index contributed by atoms with van der Waals surface area (Å²) >= 11 is 0. The van der Waals surface area contributed by atoms with Crippen LogP contribution >= 0.6 is 0 Å². The Bertz CT molecular complexity index is 241. The summed E-state index contributed by atoms with van der Waals surface area (Å²) in [6.45, 7) is 6.35. The number of fused-ring (bicyclic) bond motifs is 3. The molecule has 86 valence electrons. The molecular weight excluding hydrogens is 192 g/mol. The molecule has 0 N–H and O–H groups in total. The molecule has 0 aliphatic carbocycles. The van der Waals surface area contributed by atoms with E-state index in [1.165, 1.54) is 6.42 Å². The van der Waals surface area contributed by atoms with Crippen molar-refractivity contribution in [3.63, 3.8) is 0 Å². The molecule has 0 radical (unpaired) electrons. The van der Waals surface area contributed by atoms with Gasteiger partial charge in [-0.3, -0.25) is 0 Å².